The summed E-state index contributed by atoms with van der Waals surface area (Å²) in [6.45, 7) is 3.90. The van der Waals surface area contributed by atoms with Gasteiger partial charge in [0.1, 0.15) is 0 Å². The van der Waals surface area contributed by atoms with Crippen LogP contribution in [0.15, 0.2) is 24.3 Å². The third-order valence-corrected chi connectivity index (χ3v) is 6.28. The van der Waals surface area contributed by atoms with Gasteiger partial charge in [0.05, 0.1) is 11.7 Å². The topological polar surface area (TPSA) is 81.6 Å². The Kier molecular flexibility index (Phi) is 17.6. The molecule has 1 aromatic carbocycles. The normalized spacial score (nSPS) is 23.4. The van der Waals surface area contributed by atoms with Crippen molar-refractivity contribution in [3.63, 3.8) is 0 Å². The summed E-state index contributed by atoms with van der Waals surface area (Å²) in [5, 5.41) is 26.4. The highest BCUT2D eigenvalue weighted by atomic mass is 35.5. The number of rotatable bonds is 2. The van der Waals surface area contributed by atoms with E-state index in [-0.39, 0.29) is 36.5 Å². The number of aliphatic hydroxyl groups is 1. The lowest BCUT2D eigenvalue weighted by Crippen LogP contribution is -2.40. The van der Waals surface area contributed by atoms with Crippen LogP contribution in [0.5, 0.6) is 0 Å². The van der Waals surface area contributed by atoms with Crippen molar-refractivity contribution < 1.29 is 15.0 Å². The van der Waals surface area contributed by atoms with Gasteiger partial charge >= 0.3 is 5.97 Å². The molecule has 1 aliphatic heterocycles. The van der Waals surface area contributed by atoms with Crippen molar-refractivity contribution in [3.05, 3.63) is 34.9 Å². The third kappa shape index (κ3) is 12.3. The van der Waals surface area contributed by atoms with Crippen LogP contribution in [-0.2, 0) is 0 Å². The van der Waals surface area contributed by atoms with Gasteiger partial charge in [-0.2, -0.15) is 0 Å². The summed E-state index contributed by atoms with van der Waals surface area (Å²) in [7, 11) is 0. The fraction of sp³-hybridized carbons (Fsp3) is 0.696. The Morgan fingerprint density at radius 3 is 1.90 bits per heavy atom. The molecule has 0 bridgehead atoms. The van der Waals surface area contributed by atoms with Gasteiger partial charge in [-0.3, -0.25) is 0 Å². The van der Waals surface area contributed by atoms with E-state index in [9.17, 15) is 9.90 Å². The Balaban J connectivity index is 0.000000643. The monoisotopic (exact) mass is 496 g/mol. The summed E-state index contributed by atoms with van der Waals surface area (Å²) in [6.07, 6.45) is 12.0. The van der Waals surface area contributed by atoms with Crippen molar-refractivity contribution in [2.24, 2.45) is 11.8 Å². The Labute approximate surface area is 204 Å². The predicted molar refractivity (Wildman–Crippen MR) is 133 cm³/mol. The van der Waals surface area contributed by atoms with Crippen molar-refractivity contribution in [1.82, 2.24) is 10.6 Å². The van der Waals surface area contributed by atoms with Gasteiger partial charge in [-0.15, -0.1) is 24.8 Å². The Morgan fingerprint density at radius 2 is 1.35 bits per heavy atom. The molecule has 1 saturated carbocycles. The van der Waals surface area contributed by atoms with E-state index in [1.165, 1.54) is 69.9 Å². The molecule has 31 heavy (non-hydrogen) atoms. The average Bonchev–Trinajstić information content (AvgIpc) is 2.91. The van der Waals surface area contributed by atoms with Crippen molar-refractivity contribution in [1.29, 1.82) is 0 Å². The van der Waals surface area contributed by atoms with Crippen LogP contribution in [0.25, 0.3) is 0 Å². The van der Waals surface area contributed by atoms with Crippen molar-refractivity contribution >= 4 is 42.4 Å². The lowest BCUT2D eigenvalue weighted by atomic mass is 9.81. The average molecular weight is 498 g/mol. The first-order chi connectivity index (χ1) is 14.1. The number of hydrogen-bond acceptors (Lipinski definition) is 4. The molecule has 4 N–H and O–H groups in total. The minimum absolute atomic E-state index is 0. The maximum Gasteiger partial charge on any atom is 0.335 e. The first-order valence-corrected chi connectivity index (χ1v) is 11.5. The molecule has 0 aromatic heterocycles. The number of halogens is 3. The lowest BCUT2D eigenvalue weighted by Gasteiger charge is -2.31. The van der Waals surface area contributed by atoms with E-state index < -0.39 is 5.97 Å². The second kappa shape index (κ2) is 17.9. The zero-order valence-corrected chi connectivity index (χ0v) is 20.6. The van der Waals surface area contributed by atoms with Crippen LogP contribution in [0, 0.1) is 11.8 Å². The number of carboxylic acids is 1. The van der Waals surface area contributed by atoms with Gasteiger partial charge in [0.15, 0.2) is 0 Å². The van der Waals surface area contributed by atoms with E-state index >= 15 is 0 Å². The van der Waals surface area contributed by atoms with Gasteiger partial charge in [0, 0.05) is 24.0 Å². The molecule has 3 rings (SSSR count). The quantitative estimate of drug-likeness (QED) is 0.453. The number of aromatic carboxylic acids is 1. The van der Waals surface area contributed by atoms with Crippen LogP contribution in [-0.4, -0.2) is 48.5 Å². The minimum Gasteiger partial charge on any atom is -0.478 e. The number of carboxylic acid groups (broad SMARTS) is 1. The van der Waals surface area contributed by atoms with Crippen LogP contribution in [0.2, 0.25) is 5.02 Å². The highest BCUT2D eigenvalue weighted by Crippen LogP contribution is 2.29. The molecular weight excluding hydrogens is 459 g/mol. The summed E-state index contributed by atoms with van der Waals surface area (Å²) in [5.41, 5.74) is 0.254. The number of benzene rings is 1. The summed E-state index contributed by atoms with van der Waals surface area (Å²) in [6, 6.07) is 6.02. The molecular formula is C23H39Cl3N2O3. The fourth-order valence-corrected chi connectivity index (χ4v) is 4.44. The van der Waals surface area contributed by atoms with Crippen molar-refractivity contribution in [2.45, 2.75) is 63.9 Å². The van der Waals surface area contributed by atoms with Crippen LogP contribution in [0.1, 0.15) is 68.1 Å². The van der Waals surface area contributed by atoms with Crippen LogP contribution in [0.3, 0.4) is 0 Å². The van der Waals surface area contributed by atoms with E-state index in [0.717, 1.165) is 32.1 Å². The molecule has 0 amide bonds. The van der Waals surface area contributed by atoms with Gasteiger partial charge < -0.3 is 20.8 Å². The number of β-amino-alcohol motifs (C(OH)–C–C–N with tert-alkyl or cyclic N) is 1. The second-order valence-corrected chi connectivity index (χ2v) is 8.70. The number of hydrogen-bond donors (Lipinski definition) is 4. The van der Waals surface area contributed by atoms with Gasteiger partial charge in [0.2, 0.25) is 0 Å². The summed E-state index contributed by atoms with van der Waals surface area (Å²) >= 11 is 5.52. The van der Waals surface area contributed by atoms with Crippen LogP contribution < -0.4 is 10.6 Å². The number of carbonyl (C=O) groups is 1. The van der Waals surface area contributed by atoms with Crippen LogP contribution in [0.4, 0.5) is 0 Å². The Hall–Kier alpha value is -0.560. The molecule has 2 aliphatic rings. The Morgan fingerprint density at radius 1 is 0.839 bits per heavy atom. The molecule has 2 atom stereocenters. The first kappa shape index (κ1) is 30.4. The maximum atomic E-state index is 10.5. The highest BCUT2D eigenvalue weighted by Gasteiger charge is 2.28. The summed E-state index contributed by atoms with van der Waals surface area (Å²) < 4.78 is 0. The standard InChI is InChI=1S/C16H32N2O.C7H5ClO2.2ClH/c19-16-13-18-11-7-10-17-12-15(16)14-8-5-3-1-2-4-6-9-14;8-6-3-1-5(2-4-6)7(9)10;;/h14-19H,1-13H2;1-4H,(H,9,10);2*1H. The molecule has 0 spiro atoms. The molecule has 8 heteroatoms. The maximum absolute atomic E-state index is 10.5. The highest BCUT2D eigenvalue weighted by molar-refractivity contribution is 6.30. The van der Waals surface area contributed by atoms with Gasteiger partial charge in [-0.05, 0) is 49.7 Å². The number of nitrogens with one attached hydrogen (secondary N) is 2. The van der Waals surface area contributed by atoms with E-state index in [2.05, 4.69) is 10.6 Å². The Bertz CT molecular complexity index is 580. The summed E-state index contributed by atoms with van der Waals surface area (Å²) in [5.74, 6) is 0.237. The lowest BCUT2D eigenvalue weighted by molar-refractivity contribution is 0.0661. The minimum atomic E-state index is -0.934. The molecule has 180 valence electrons. The molecule has 1 saturated heterocycles. The van der Waals surface area contributed by atoms with Crippen molar-refractivity contribution in [3.8, 4) is 0 Å². The molecule has 2 unspecified atom stereocenters. The van der Waals surface area contributed by atoms with Crippen LogP contribution >= 0.6 is 36.4 Å². The van der Waals surface area contributed by atoms with E-state index in [4.69, 9.17) is 16.7 Å². The largest absolute Gasteiger partial charge is 0.478 e. The summed E-state index contributed by atoms with van der Waals surface area (Å²) in [4.78, 5) is 10.3. The van der Waals surface area contributed by atoms with Gasteiger partial charge in [-0.1, -0.05) is 63.0 Å². The predicted octanol–water partition coefficient (Wildman–Crippen LogP) is 5.18. The fourth-order valence-electron chi connectivity index (χ4n) is 4.31. The molecule has 5 nitrogen and oxygen atoms in total. The molecule has 1 aromatic rings. The molecule has 1 heterocycles. The second-order valence-electron chi connectivity index (χ2n) is 8.26. The van der Waals surface area contributed by atoms with E-state index in [1.807, 2.05) is 0 Å². The van der Waals surface area contributed by atoms with E-state index in [0.29, 0.717) is 10.9 Å². The molecule has 2 fully saturated rings. The smallest absolute Gasteiger partial charge is 0.335 e. The zero-order valence-electron chi connectivity index (χ0n) is 18.2. The van der Waals surface area contributed by atoms with Gasteiger partial charge in [-0.25, -0.2) is 4.79 Å². The van der Waals surface area contributed by atoms with E-state index in [1.54, 1.807) is 12.1 Å². The molecule has 1 aliphatic carbocycles. The zero-order chi connectivity index (χ0) is 20.9. The molecule has 0 radical (unpaired) electrons. The van der Waals surface area contributed by atoms with Gasteiger partial charge in [0.25, 0.3) is 0 Å². The third-order valence-electron chi connectivity index (χ3n) is 6.03. The first-order valence-electron chi connectivity index (χ1n) is 11.2. The van der Waals surface area contributed by atoms with Crippen molar-refractivity contribution in [2.75, 3.05) is 26.2 Å². The number of aliphatic hydroxyl groups excluding tert-OH is 1. The SMILES string of the molecule is Cl.Cl.O=C(O)c1ccc(Cl)cc1.OC1CNCCCNCC1C1CCCCCCCC1.